The smallest absolute Gasteiger partial charge is 0.231 e. The van der Waals surface area contributed by atoms with Gasteiger partial charge in [0.2, 0.25) is 5.78 Å². The summed E-state index contributed by atoms with van der Waals surface area (Å²) in [6.07, 6.45) is 0. The fourth-order valence-electron chi connectivity index (χ4n) is 2.18. The van der Waals surface area contributed by atoms with Crippen molar-refractivity contribution >= 4 is 16.8 Å². The van der Waals surface area contributed by atoms with Crippen LogP contribution in [-0.2, 0) is 0 Å². The molecule has 0 aliphatic rings. The molecule has 112 valence electrons. The van der Waals surface area contributed by atoms with Gasteiger partial charge in [0, 0.05) is 11.5 Å². The van der Waals surface area contributed by atoms with Gasteiger partial charge >= 0.3 is 0 Å². The van der Waals surface area contributed by atoms with E-state index in [2.05, 4.69) is 0 Å². The molecule has 0 amide bonds. The standard InChI is InChI=1S/C17H12F2O3/c1-2-21-12-5-3-10-7-16(22-15(10)9-12)17(20)13-8-11(18)4-6-14(13)19/h3-9H,2H2,1H3. The van der Waals surface area contributed by atoms with Crippen LogP contribution in [0.2, 0.25) is 0 Å². The highest BCUT2D eigenvalue weighted by Gasteiger charge is 2.19. The van der Waals surface area contributed by atoms with Crippen LogP contribution in [0.4, 0.5) is 8.78 Å². The number of carbonyl (C=O) groups is 1. The molecule has 0 saturated carbocycles. The van der Waals surface area contributed by atoms with Gasteiger partial charge in [-0.3, -0.25) is 4.79 Å². The minimum absolute atomic E-state index is 0.0480. The highest BCUT2D eigenvalue weighted by atomic mass is 19.1. The first-order valence-electron chi connectivity index (χ1n) is 6.74. The maximum Gasteiger partial charge on any atom is 0.231 e. The number of carbonyl (C=O) groups excluding carboxylic acids is 1. The number of benzene rings is 2. The van der Waals surface area contributed by atoms with Gasteiger partial charge < -0.3 is 9.15 Å². The molecule has 0 unspecified atom stereocenters. The molecule has 1 heterocycles. The zero-order valence-electron chi connectivity index (χ0n) is 11.7. The average molecular weight is 302 g/mol. The SMILES string of the molecule is CCOc1ccc2cc(C(=O)c3cc(F)ccc3F)oc2c1. The average Bonchev–Trinajstić information content (AvgIpc) is 2.92. The Hall–Kier alpha value is -2.69. The maximum atomic E-state index is 13.7. The number of halogens is 2. The van der Waals surface area contributed by atoms with E-state index in [1.54, 1.807) is 18.2 Å². The third kappa shape index (κ3) is 2.57. The lowest BCUT2D eigenvalue weighted by atomic mass is 10.1. The first-order chi connectivity index (χ1) is 10.6. The van der Waals surface area contributed by atoms with Crippen molar-refractivity contribution in [3.63, 3.8) is 0 Å². The van der Waals surface area contributed by atoms with Crippen molar-refractivity contribution in [3.05, 3.63) is 65.4 Å². The van der Waals surface area contributed by atoms with E-state index in [1.165, 1.54) is 6.07 Å². The van der Waals surface area contributed by atoms with Crippen LogP contribution in [0.3, 0.4) is 0 Å². The molecule has 2 aromatic carbocycles. The quantitative estimate of drug-likeness (QED) is 0.673. The Balaban J connectivity index is 2.02. The molecule has 3 aromatic rings. The fraction of sp³-hybridized carbons (Fsp3) is 0.118. The second kappa shape index (κ2) is 5.60. The molecule has 0 radical (unpaired) electrons. The zero-order chi connectivity index (χ0) is 15.7. The summed E-state index contributed by atoms with van der Waals surface area (Å²) in [5, 5.41) is 0.684. The summed E-state index contributed by atoms with van der Waals surface area (Å²) >= 11 is 0. The van der Waals surface area contributed by atoms with E-state index in [0.29, 0.717) is 23.3 Å². The van der Waals surface area contributed by atoms with Gasteiger partial charge in [-0.2, -0.15) is 0 Å². The van der Waals surface area contributed by atoms with Gasteiger partial charge in [0.25, 0.3) is 0 Å². The topological polar surface area (TPSA) is 39.4 Å². The Bertz CT molecular complexity index is 852. The second-order valence-corrected chi connectivity index (χ2v) is 4.70. The predicted molar refractivity (Wildman–Crippen MR) is 77.2 cm³/mol. The minimum Gasteiger partial charge on any atom is -0.494 e. The third-order valence-corrected chi connectivity index (χ3v) is 3.20. The van der Waals surface area contributed by atoms with Gasteiger partial charge in [-0.05, 0) is 43.3 Å². The molecule has 22 heavy (non-hydrogen) atoms. The predicted octanol–water partition coefficient (Wildman–Crippen LogP) is 4.34. The van der Waals surface area contributed by atoms with Crippen molar-refractivity contribution in [1.29, 1.82) is 0 Å². The molecule has 1 aromatic heterocycles. The Labute approximate surface area is 125 Å². The van der Waals surface area contributed by atoms with Crippen molar-refractivity contribution in [2.45, 2.75) is 6.92 Å². The summed E-state index contributed by atoms with van der Waals surface area (Å²) < 4.78 is 37.7. The Kier molecular flexibility index (Phi) is 3.63. The summed E-state index contributed by atoms with van der Waals surface area (Å²) in [7, 11) is 0. The van der Waals surface area contributed by atoms with E-state index < -0.39 is 17.4 Å². The van der Waals surface area contributed by atoms with Crippen LogP contribution in [0.15, 0.2) is 46.9 Å². The van der Waals surface area contributed by atoms with Crippen LogP contribution in [0.1, 0.15) is 23.0 Å². The molecule has 0 aliphatic heterocycles. The Morgan fingerprint density at radius 3 is 2.73 bits per heavy atom. The summed E-state index contributed by atoms with van der Waals surface area (Å²) in [6.45, 7) is 2.36. The molecule has 0 bridgehead atoms. The molecular formula is C17H12F2O3. The molecule has 0 saturated heterocycles. The lowest BCUT2D eigenvalue weighted by molar-refractivity contribution is 0.101. The summed E-state index contributed by atoms with van der Waals surface area (Å²) in [5.74, 6) is -1.61. The van der Waals surface area contributed by atoms with Gasteiger partial charge in [-0.15, -0.1) is 0 Å². The summed E-state index contributed by atoms with van der Waals surface area (Å²) in [6, 6.07) is 9.37. The van der Waals surface area contributed by atoms with Crippen LogP contribution in [0, 0.1) is 11.6 Å². The van der Waals surface area contributed by atoms with Crippen LogP contribution in [-0.4, -0.2) is 12.4 Å². The molecule has 3 rings (SSSR count). The number of furan rings is 1. The molecule has 5 heteroatoms. The van der Waals surface area contributed by atoms with Crippen LogP contribution in [0.5, 0.6) is 5.75 Å². The maximum absolute atomic E-state index is 13.7. The van der Waals surface area contributed by atoms with Crippen molar-refractivity contribution < 1.29 is 22.7 Å². The van der Waals surface area contributed by atoms with Crippen molar-refractivity contribution in [1.82, 2.24) is 0 Å². The van der Waals surface area contributed by atoms with Crippen LogP contribution in [0.25, 0.3) is 11.0 Å². The Morgan fingerprint density at radius 1 is 1.14 bits per heavy atom. The number of ketones is 1. The van der Waals surface area contributed by atoms with Gasteiger partial charge in [-0.25, -0.2) is 8.78 Å². The molecule has 3 nitrogen and oxygen atoms in total. The largest absolute Gasteiger partial charge is 0.494 e. The van der Waals surface area contributed by atoms with Crippen molar-refractivity contribution in [2.24, 2.45) is 0 Å². The molecular weight excluding hydrogens is 290 g/mol. The zero-order valence-corrected chi connectivity index (χ0v) is 11.7. The van der Waals surface area contributed by atoms with E-state index in [9.17, 15) is 13.6 Å². The lowest BCUT2D eigenvalue weighted by Crippen LogP contribution is -2.03. The molecule has 0 N–H and O–H groups in total. The van der Waals surface area contributed by atoms with Crippen molar-refractivity contribution in [2.75, 3.05) is 6.61 Å². The van der Waals surface area contributed by atoms with E-state index in [0.717, 1.165) is 18.2 Å². The monoisotopic (exact) mass is 302 g/mol. The van der Waals surface area contributed by atoms with Crippen LogP contribution >= 0.6 is 0 Å². The molecule has 0 spiro atoms. The number of ether oxygens (including phenoxy) is 1. The van der Waals surface area contributed by atoms with Crippen molar-refractivity contribution in [3.8, 4) is 5.75 Å². The van der Waals surface area contributed by atoms with E-state index in [4.69, 9.17) is 9.15 Å². The second-order valence-electron chi connectivity index (χ2n) is 4.70. The lowest BCUT2D eigenvalue weighted by Gasteiger charge is -2.01. The molecule has 0 fully saturated rings. The number of rotatable bonds is 4. The van der Waals surface area contributed by atoms with Crippen LogP contribution < -0.4 is 4.74 Å². The first kappa shape index (κ1) is 14.3. The highest BCUT2D eigenvalue weighted by molar-refractivity contribution is 6.09. The normalized spacial score (nSPS) is 10.9. The first-order valence-corrected chi connectivity index (χ1v) is 6.74. The van der Waals surface area contributed by atoms with Gasteiger partial charge in [0.1, 0.15) is 23.0 Å². The third-order valence-electron chi connectivity index (χ3n) is 3.20. The van der Waals surface area contributed by atoms with E-state index in [1.807, 2.05) is 6.92 Å². The number of fused-ring (bicyclic) bond motifs is 1. The van der Waals surface area contributed by atoms with Gasteiger partial charge in [0.15, 0.2) is 5.76 Å². The van der Waals surface area contributed by atoms with Gasteiger partial charge in [-0.1, -0.05) is 0 Å². The summed E-state index contributed by atoms with van der Waals surface area (Å²) in [5.41, 5.74) is 0.0928. The van der Waals surface area contributed by atoms with Gasteiger partial charge in [0.05, 0.1) is 12.2 Å². The summed E-state index contributed by atoms with van der Waals surface area (Å²) in [4.78, 5) is 12.3. The highest BCUT2D eigenvalue weighted by Crippen LogP contribution is 2.26. The van der Waals surface area contributed by atoms with E-state index >= 15 is 0 Å². The number of hydrogen-bond donors (Lipinski definition) is 0. The fourth-order valence-corrected chi connectivity index (χ4v) is 2.18. The number of hydrogen-bond acceptors (Lipinski definition) is 3. The van der Waals surface area contributed by atoms with E-state index in [-0.39, 0.29) is 11.3 Å². The molecule has 0 atom stereocenters. The minimum atomic E-state index is -0.790. The molecule has 0 aliphatic carbocycles. The Morgan fingerprint density at radius 2 is 1.95 bits per heavy atom.